The fraction of sp³-hybridized carbons (Fsp3) is 0.0161. The minimum atomic E-state index is 0.588. The summed E-state index contributed by atoms with van der Waals surface area (Å²) in [5.74, 6) is 1.80. The Morgan fingerprint density at radius 1 is 0.303 bits per heavy atom. The summed E-state index contributed by atoms with van der Waals surface area (Å²) in [5.41, 5.74) is 19.1. The van der Waals surface area contributed by atoms with Gasteiger partial charge >= 0.3 is 0 Å². The van der Waals surface area contributed by atoms with Crippen LogP contribution in [0.25, 0.3) is 123 Å². The summed E-state index contributed by atoms with van der Waals surface area (Å²) < 4.78 is 7.01. The number of furan rings is 1. The molecule has 0 unspecified atom stereocenters. The largest absolute Gasteiger partial charge is 0.455 e. The van der Waals surface area contributed by atoms with Crippen molar-refractivity contribution in [1.82, 2.24) is 15.0 Å². The van der Waals surface area contributed by atoms with Gasteiger partial charge in [-0.2, -0.15) is 0 Å². The molecular formula is C62H39N3O. The average Bonchev–Trinajstić information content (AvgIpc) is 3.99. The van der Waals surface area contributed by atoms with Gasteiger partial charge in [-0.25, -0.2) is 15.0 Å². The highest BCUT2D eigenvalue weighted by molar-refractivity contribution is 6.22. The molecule has 0 saturated carbocycles. The number of fused-ring (bicyclic) bond motifs is 8. The molecule has 12 aromatic rings. The predicted octanol–water partition coefficient (Wildman–Crippen LogP) is 16.2. The number of hydrogen-bond donors (Lipinski definition) is 0. The van der Waals surface area contributed by atoms with E-state index in [1.54, 1.807) is 0 Å². The Kier molecular flexibility index (Phi) is 8.88. The molecule has 0 fully saturated rings. The van der Waals surface area contributed by atoms with Crippen molar-refractivity contribution in [2.75, 3.05) is 0 Å². The van der Waals surface area contributed by atoms with Gasteiger partial charge < -0.3 is 4.42 Å². The average molecular weight is 842 g/mol. The van der Waals surface area contributed by atoms with Crippen LogP contribution in [0.2, 0.25) is 0 Å². The van der Waals surface area contributed by atoms with E-state index >= 15 is 0 Å². The lowest BCUT2D eigenvalue weighted by Crippen LogP contribution is -2.00. The molecule has 10 aromatic carbocycles. The molecule has 0 spiro atoms. The summed E-state index contributed by atoms with van der Waals surface area (Å²) in [6.45, 7) is 0. The molecule has 66 heavy (non-hydrogen) atoms. The van der Waals surface area contributed by atoms with Crippen LogP contribution in [0.15, 0.2) is 229 Å². The highest BCUT2D eigenvalue weighted by Crippen LogP contribution is 2.45. The van der Waals surface area contributed by atoms with Crippen LogP contribution in [0.5, 0.6) is 0 Å². The summed E-state index contributed by atoms with van der Waals surface area (Å²) in [7, 11) is 0. The first-order valence-corrected chi connectivity index (χ1v) is 22.5. The van der Waals surface area contributed by atoms with Crippen molar-refractivity contribution in [3.05, 3.63) is 236 Å². The highest BCUT2D eigenvalue weighted by Gasteiger charge is 2.23. The second-order valence-electron chi connectivity index (χ2n) is 17.1. The van der Waals surface area contributed by atoms with Crippen LogP contribution in [0, 0.1) is 0 Å². The van der Waals surface area contributed by atoms with Crippen molar-refractivity contribution in [3.63, 3.8) is 0 Å². The number of benzene rings is 10. The Labute approximate surface area is 382 Å². The molecule has 0 amide bonds. The van der Waals surface area contributed by atoms with E-state index in [4.69, 9.17) is 19.4 Å². The Bertz CT molecular complexity index is 3800. The normalized spacial score (nSPS) is 11.9. The molecule has 2 aromatic heterocycles. The predicted molar refractivity (Wildman–Crippen MR) is 271 cm³/mol. The van der Waals surface area contributed by atoms with Gasteiger partial charge in [0.1, 0.15) is 11.2 Å². The fourth-order valence-corrected chi connectivity index (χ4v) is 9.93. The lowest BCUT2D eigenvalue weighted by atomic mass is 9.94. The zero-order chi connectivity index (χ0) is 43.6. The smallest absolute Gasteiger partial charge is 0.164 e. The standard InChI is InChI=1S/C62H39N3O/c1-3-13-39(14-4-1)40-27-33-44(34-28-40)51-22-12-24-54-57-56(38-48-18-8-10-20-52(48)59(57)66-58(51)54)62-64-60(45-15-5-2-6-16-45)63-61(65-62)46-35-29-42(30-36-46)41-25-31-43(32-26-41)49-21-11-23-53-50-19-9-7-17-47(50)37-55(49)53/h1-36,38H,37H2. The van der Waals surface area contributed by atoms with Crippen molar-refractivity contribution in [2.45, 2.75) is 6.42 Å². The van der Waals surface area contributed by atoms with Crippen molar-refractivity contribution in [1.29, 1.82) is 0 Å². The Morgan fingerprint density at radius 3 is 1.48 bits per heavy atom. The molecule has 308 valence electrons. The fourth-order valence-electron chi connectivity index (χ4n) is 9.93. The zero-order valence-corrected chi connectivity index (χ0v) is 35.8. The van der Waals surface area contributed by atoms with E-state index < -0.39 is 0 Å². The van der Waals surface area contributed by atoms with E-state index in [1.165, 1.54) is 44.5 Å². The second-order valence-corrected chi connectivity index (χ2v) is 17.1. The minimum Gasteiger partial charge on any atom is -0.455 e. The number of aromatic nitrogens is 3. The van der Waals surface area contributed by atoms with Crippen molar-refractivity contribution < 1.29 is 4.42 Å². The third kappa shape index (κ3) is 6.42. The molecule has 0 saturated heterocycles. The van der Waals surface area contributed by atoms with Crippen LogP contribution in [0.1, 0.15) is 11.1 Å². The molecule has 1 aliphatic rings. The van der Waals surface area contributed by atoms with Crippen LogP contribution < -0.4 is 0 Å². The van der Waals surface area contributed by atoms with E-state index in [1.807, 2.05) is 24.3 Å². The van der Waals surface area contributed by atoms with E-state index in [-0.39, 0.29) is 0 Å². The lowest BCUT2D eigenvalue weighted by Gasteiger charge is -2.11. The van der Waals surface area contributed by atoms with Gasteiger partial charge in [-0.05, 0) is 79.1 Å². The zero-order valence-electron chi connectivity index (χ0n) is 35.8. The van der Waals surface area contributed by atoms with Gasteiger partial charge in [-0.15, -0.1) is 0 Å². The molecule has 4 nitrogen and oxygen atoms in total. The third-order valence-electron chi connectivity index (χ3n) is 13.2. The van der Waals surface area contributed by atoms with E-state index in [0.717, 1.165) is 78.1 Å². The van der Waals surface area contributed by atoms with Crippen LogP contribution in [0.4, 0.5) is 0 Å². The second kappa shape index (κ2) is 15.5. The molecule has 13 rings (SSSR count). The summed E-state index contributed by atoms with van der Waals surface area (Å²) in [6.07, 6.45) is 0.964. The quantitative estimate of drug-likeness (QED) is 0.160. The maximum absolute atomic E-state index is 7.01. The number of rotatable bonds is 7. The molecule has 2 heterocycles. The third-order valence-corrected chi connectivity index (χ3v) is 13.2. The summed E-state index contributed by atoms with van der Waals surface area (Å²) in [6, 6.07) is 79.4. The maximum atomic E-state index is 7.01. The van der Waals surface area contributed by atoms with Crippen LogP contribution in [-0.4, -0.2) is 15.0 Å². The van der Waals surface area contributed by atoms with Crippen LogP contribution in [0.3, 0.4) is 0 Å². The molecule has 0 radical (unpaired) electrons. The van der Waals surface area contributed by atoms with Crippen molar-refractivity contribution in [2.24, 2.45) is 0 Å². The van der Waals surface area contributed by atoms with E-state index in [0.29, 0.717) is 17.5 Å². The first-order chi connectivity index (χ1) is 32.7. The topological polar surface area (TPSA) is 51.8 Å². The molecule has 1 aliphatic carbocycles. The van der Waals surface area contributed by atoms with Crippen molar-refractivity contribution >= 4 is 32.7 Å². The van der Waals surface area contributed by atoms with Gasteiger partial charge in [0.15, 0.2) is 17.5 Å². The molecule has 0 atom stereocenters. The Morgan fingerprint density at radius 2 is 0.773 bits per heavy atom. The first-order valence-electron chi connectivity index (χ1n) is 22.5. The van der Waals surface area contributed by atoms with Crippen LogP contribution in [-0.2, 0) is 6.42 Å². The van der Waals surface area contributed by atoms with Crippen LogP contribution >= 0.6 is 0 Å². The highest BCUT2D eigenvalue weighted by atomic mass is 16.3. The summed E-state index contributed by atoms with van der Waals surface area (Å²) in [4.78, 5) is 15.6. The van der Waals surface area contributed by atoms with Gasteiger partial charge in [0.05, 0.1) is 0 Å². The van der Waals surface area contributed by atoms with Gasteiger partial charge in [0.25, 0.3) is 0 Å². The van der Waals surface area contributed by atoms with E-state index in [2.05, 4.69) is 200 Å². The number of nitrogens with zero attached hydrogens (tertiary/aromatic N) is 3. The molecule has 0 aliphatic heterocycles. The maximum Gasteiger partial charge on any atom is 0.164 e. The van der Waals surface area contributed by atoms with Gasteiger partial charge in [-0.3, -0.25) is 0 Å². The molecule has 0 N–H and O–H groups in total. The van der Waals surface area contributed by atoms with Gasteiger partial charge in [0.2, 0.25) is 0 Å². The number of para-hydroxylation sites is 1. The van der Waals surface area contributed by atoms with Gasteiger partial charge in [0, 0.05) is 38.4 Å². The van der Waals surface area contributed by atoms with Crippen molar-refractivity contribution in [3.8, 4) is 89.8 Å². The minimum absolute atomic E-state index is 0.588. The molecule has 0 bridgehead atoms. The Balaban J connectivity index is 0.901. The number of hydrogen-bond acceptors (Lipinski definition) is 4. The monoisotopic (exact) mass is 841 g/mol. The van der Waals surface area contributed by atoms with Gasteiger partial charge in [-0.1, -0.05) is 218 Å². The Hall–Kier alpha value is -8.73. The first kappa shape index (κ1) is 37.8. The molecular weight excluding hydrogens is 803 g/mol. The molecule has 4 heteroatoms. The van der Waals surface area contributed by atoms with E-state index in [9.17, 15) is 0 Å². The SMILES string of the molecule is c1ccc(-c2ccc(-c3cccc4c3oc3c5ccccc5cc(-c5nc(-c6ccccc6)nc(-c6ccc(-c7ccc(-c8cccc9c8Cc8ccccc8-9)cc7)cc6)n5)c43)cc2)cc1. The summed E-state index contributed by atoms with van der Waals surface area (Å²) in [5, 5.41) is 4.08. The summed E-state index contributed by atoms with van der Waals surface area (Å²) >= 11 is 0. The lowest BCUT2D eigenvalue weighted by molar-refractivity contribution is 0.674.